The summed E-state index contributed by atoms with van der Waals surface area (Å²) in [5.41, 5.74) is 3.41. The molecule has 2 heterocycles. The van der Waals surface area contributed by atoms with Gasteiger partial charge in [0.05, 0.1) is 11.1 Å². The summed E-state index contributed by atoms with van der Waals surface area (Å²) in [6.45, 7) is 0. The molecule has 0 bridgehead atoms. The molecule has 0 aliphatic rings. The molecule has 5 heteroatoms. The van der Waals surface area contributed by atoms with Gasteiger partial charge in [-0.15, -0.1) is 10.2 Å². The average molecular weight is 248 g/mol. The second kappa shape index (κ2) is 3.81. The molecule has 3 rings (SSSR count). The Hall–Kier alpha value is -1.52. The largest absolute Gasteiger partial charge is 0.235 e. The molecule has 0 fully saturated rings. The van der Waals surface area contributed by atoms with E-state index in [-0.39, 0.29) is 0 Å². The maximum absolute atomic E-state index is 6.12. The van der Waals surface area contributed by atoms with Crippen molar-refractivity contribution in [3.63, 3.8) is 0 Å². The van der Waals surface area contributed by atoms with Gasteiger partial charge in [-0.25, -0.2) is 4.98 Å². The molecule has 0 N–H and O–H groups in total. The van der Waals surface area contributed by atoms with E-state index >= 15 is 0 Å². The molecule has 0 unspecified atom stereocenters. The molecule has 3 nitrogen and oxygen atoms in total. The lowest BCUT2D eigenvalue weighted by atomic mass is 10.2. The number of nitrogens with zero attached hydrogens (tertiary/aromatic N) is 3. The van der Waals surface area contributed by atoms with Crippen molar-refractivity contribution in [1.82, 2.24) is 15.2 Å². The van der Waals surface area contributed by atoms with Crippen molar-refractivity contribution >= 4 is 33.8 Å². The second-order valence-electron chi connectivity index (χ2n) is 3.26. The number of pyridine rings is 1. The highest BCUT2D eigenvalue weighted by atomic mass is 35.5. The Morgan fingerprint density at radius 1 is 1.19 bits per heavy atom. The van der Waals surface area contributed by atoms with Gasteiger partial charge in [0.1, 0.15) is 10.7 Å². The summed E-state index contributed by atoms with van der Waals surface area (Å²) in [6, 6.07) is 9.84. The molecule has 0 radical (unpaired) electrons. The van der Waals surface area contributed by atoms with Gasteiger partial charge in [0.2, 0.25) is 0 Å². The van der Waals surface area contributed by atoms with Gasteiger partial charge >= 0.3 is 0 Å². The summed E-state index contributed by atoms with van der Waals surface area (Å²) < 4.78 is 0. The van der Waals surface area contributed by atoms with E-state index in [1.165, 1.54) is 11.3 Å². The molecule has 0 atom stereocenters. The van der Waals surface area contributed by atoms with Crippen molar-refractivity contribution < 1.29 is 0 Å². The van der Waals surface area contributed by atoms with Crippen molar-refractivity contribution in [3.8, 4) is 10.6 Å². The van der Waals surface area contributed by atoms with E-state index in [2.05, 4.69) is 15.2 Å². The normalized spacial score (nSPS) is 10.8. The highest BCUT2D eigenvalue weighted by molar-refractivity contribution is 7.12. The molecule has 2 aromatic heterocycles. The Morgan fingerprint density at radius 3 is 2.88 bits per heavy atom. The van der Waals surface area contributed by atoms with Crippen LogP contribution in [0.25, 0.3) is 21.5 Å². The fourth-order valence-corrected chi connectivity index (χ4v) is 2.39. The lowest BCUT2D eigenvalue weighted by Crippen LogP contribution is -1.85. The van der Waals surface area contributed by atoms with Crippen molar-refractivity contribution in [3.05, 3.63) is 41.0 Å². The van der Waals surface area contributed by atoms with Gasteiger partial charge in [-0.3, -0.25) is 0 Å². The van der Waals surface area contributed by atoms with E-state index in [1.54, 1.807) is 5.51 Å². The molecule has 0 saturated carbocycles. The van der Waals surface area contributed by atoms with Crippen LogP contribution in [-0.2, 0) is 0 Å². The van der Waals surface area contributed by atoms with Gasteiger partial charge < -0.3 is 0 Å². The topological polar surface area (TPSA) is 38.7 Å². The van der Waals surface area contributed by atoms with Crippen LogP contribution >= 0.6 is 22.9 Å². The van der Waals surface area contributed by atoms with Gasteiger partial charge in [-0.2, -0.15) is 0 Å². The molecule has 0 spiro atoms. The van der Waals surface area contributed by atoms with Crippen LogP contribution in [0.2, 0.25) is 5.15 Å². The van der Waals surface area contributed by atoms with Crippen LogP contribution < -0.4 is 0 Å². The minimum atomic E-state index is 0.468. The fraction of sp³-hybridized carbons (Fsp3) is 0. The number of rotatable bonds is 1. The van der Waals surface area contributed by atoms with Crippen molar-refractivity contribution in [2.24, 2.45) is 0 Å². The van der Waals surface area contributed by atoms with Crippen LogP contribution in [0.1, 0.15) is 0 Å². The van der Waals surface area contributed by atoms with E-state index in [0.717, 1.165) is 21.5 Å². The molecule has 0 saturated heterocycles. The number of fused-ring (bicyclic) bond motifs is 1. The number of aromatic nitrogens is 3. The third-order valence-corrected chi connectivity index (χ3v) is 3.28. The van der Waals surface area contributed by atoms with E-state index in [1.807, 2.05) is 30.3 Å². The highest BCUT2D eigenvalue weighted by Gasteiger charge is 2.09. The van der Waals surface area contributed by atoms with E-state index in [0.29, 0.717) is 5.15 Å². The van der Waals surface area contributed by atoms with Gasteiger partial charge in [0.25, 0.3) is 0 Å². The Kier molecular flexibility index (Phi) is 2.31. The van der Waals surface area contributed by atoms with Gasteiger partial charge in [-0.05, 0) is 12.1 Å². The van der Waals surface area contributed by atoms with Crippen LogP contribution in [0.3, 0.4) is 0 Å². The van der Waals surface area contributed by atoms with Crippen LogP contribution in [0.4, 0.5) is 0 Å². The average Bonchev–Trinajstić information content (AvgIpc) is 2.81. The third kappa shape index (κ3) is 1.56. The molecule has 78 valence electrons. The molecule has 0 aliphatic heterocycles. The first kappa shape index (κ1) is 9.69. The van der Waals surface area contributed by atoms with Crippen molar-refractivity contribution in [2.45, 2.75) is 0 Å². The maximum atomic E-state index is 6.12. The van der Waals surface area contributed by atoms with Gasteiger partial charge in [0.15, 0.2) is 5.01 Å². The van der Waals surface area contributed by atoms with Crippen LogP contribution in [-0.4, -0.2) is 15.2 Å². The number of para-hydroxylation sites is 1. The predicted molar refractivity (Wildman–Crippen MR) is 65.7 cm³/mol. The molecule has 0 amide bonds. The quantitative estimate of drug-likeness (QED) is 0.619. The first-order chi connectivity index (χ1) is 7.84. The molecular formula is C11H6ClN3S. The summed E-state index contributed by atoms with van der Waals surface area (Å²) in [6.07, 6.45) is 0. The van der Waals surface area contributed by atoms with E-state index < -0.39 is 0 Å². The maximum Gasteiger partial charge on any atom is 0.150 e. The molecule has 1 aromatic carbocycles. The minimum Gasteiger partial charge on any atom is -0.235 e. The van der Waals surface area contributed by atoms with Crippen molar-refractivity contribution in [1.29, 1.82) is 0 Å². The Labute approximate surface area is 101 Å². The van der Waals surface area contributed by atoms with Crippen LogP contribution in [0.5, 0.6) is 0 Å². The first-order valence-corrected chi connectivity index (χ1v) is 5.92. The molecule has 16 heavy (non-hydrogen) atoms. The predicted octanol–water partition coefficient (Wildman–Crippen LogP) is 3.41. The number of hydrogen-bond donors (Lipinski definition) is 0. The molecule has 0 aliphatic carbocycles. The van der Waals surface area contributed by atoms with E-state index in [4.69, 9.17) is 11.6 Å². The van der Waals surface area contributed by atoms with Crippen LogP contribution in [0, 0.1) is 0 Å². The lowest BCUT2D eigenvalue weighted by Gasteiger charge is -2.02. The second-order valence-corrected chi connectivity index (χ2v) is 4.45. The summed E-state index contributed by atoms with van der Waals surface area (Å²) in [4.78, 5) is 4.34. The first-order valence-electron chi connectivity index (χ1n) is 4.66. The summed E-state index contributed by atoms with van der Waals surface area (Å²) in [5.74, 6) is 0. The monoisotopic (exact) mass is 247 g/mol. The van der Waals surface area contributed by atoms with Crippen molar-refractivity contribution in [2.75, 3.05) is 0 Å². The Morgan fingerprint density at radius 2 is 2.06 bits per heavy atom. The Bertz CT molecular complexity index is 637. The summed E-state index contributed by atoms with van der Waals surface area (Å²) >= 11 is 7.57. The number of benzene rings is 1. The smallest absolute Gasteiger partial charge is 0.150 e. The third-order valence-electron chi connectivity index (χ3n) is 2.27. The zero-order valence-electron chi connectivity index (χ0n) is 8.09. The number of halogens is 1. The fourth-order valence-electron chi connectivity index (χ4n) is 1.53. The van der Waals surface area contributed by atoms with Gasteiger partial charge in [-0.1, -0.05) is 41.1 Å². The SMILES string of the molecule is Clc1nc2ccccc2cc1-c1nncs1. The Balaban J connectivity index is 2.30. The van der Waals surface area contributed by atoms with E-state index in [9.17, 15) is 0 Å². The highest BCUT2D eigenvalue weighted by Crippen LogP contribution is 2.30. The summed E-state index contributed by atoms with van der Waals surface area (Å²) in [7, 11) is 0. The zero-order valence-corrected chi connectivity index (χ0v) is 9.66. The van der Waals surface area contributed by atoms with Gasteiger partial charge in [0, 0.05) is 5.39 Å². The summed E-state index contributed by atoms with van der Waals surface area (Å²) in [5, 5.41) is 10.1. The minimum absolute atomic E-state index is 0.468. The van der Waals surface area contributed by atoms with Crippen LogP contribution in [0.15, 0.2) is 35.8 Å². The molecule has 3 aromatic rings. The standard InChI is InChI=1S/C11H6ClN3S/c12-10-8(11-15-13-6-16-11)5-7-3-1-2-4-9(7)14-10/h1-6H. The number of hydrogen-bond acceptors (Lipinski definition) is 4. The molecular weight excluding hydrogens is 242 g/mol. The zero-order chi connectivity index (χ0) is 11.0. The lowest BCUT2D eigenvalue weighted by molar-refractivity contribution is 1.09.